The number of thiophene rings is 1. The van der Waals surface area contributed by atoms with Gasteiger partial charge in [0.1, 0.15) is 11.6 Å². The third-order valence-electron chi connectivity index (χ3n) is 2.88. The second-order valence-electron chi connectivity index (χ2n) is 4.36. The molecule has 6 heteroatoms. The molecule has 0 aliphatic heterocycles. The number of aromatic hydroxyl groups is 1. The number of ether oxygens (including phenoxy) is 1. The Morgan fingerprint density at radius 3 is 2.95 bits per heavy atom. The predicted octanol–water partition coefficient (Wildman–Crippen LogP) is 2.69. The van der Waals surface area contributed by atoms with Gasteiger partial charge in [0.25, 0.3) is 5.91 Å². The molecule has 0 saturated carbocycles. The molecule has 0 spiro atoms. The van der Waals surface area contributed by atoms with Gasteiger partial charge >= 0.3 is 0 Å². The summed E-state index contributed by atoms with van der Waals surface area (Å²) < 4.78 is 5.00. The number of carbonyl (C=O) groups excluding carboxylic acids is 1. The number of benzene rings is 1. The molecule has 0 fully saturated rings. The maximum atomic E-state index is 12.0. The zero-order valence-corrected chi connectivity index (χ0v) is 12.7. The second kappa shape index (κ2) is 7.29. The Morgan fingerprint density at radius 1 is 1.50 bits per heavy atom. The van der Waals surface area contributed by atoms with E-state index in [-0.39, 0.29) is 17.1 Å². The molecule has 0 radical (unpaired) electrons. The summed E-state index contributed by atoms with van der Waals surface area (Å²) in [5, 5.41) is 23.3. The van der Waals surface area contributed by atoms with Crippen molar-refractivity contribution in [2.24, 2.45) is 0 Å². The molecule has 0 aliphatic carbocycles. The van der Waals surface area contributed by atoms with Gasteiger partial charge in [-0.3, -0.25) is 4.79 Å². The smallest absolute Gasteiger partial charge is 0.262 e. The van der Waals surface area contributed by atoms with E-state index in [1.54, 1.807) is 12.1 Å². The standard InChI is InChI=1S/C16H14N2O3S/c1-21-15-8-11(4-5-14(15)19)7-12(9-17)16(20)18-10-13-3-2-6-22-13/h2-8,19H,10H2,1H3,(H,18,20)/b12-7-. The summed E-state index contributed by atoms with van der Waals surface area (Å²) >= 11 is 1.53. The molecule has 1 aromatic heterocycles. The highest BCUT2D eigenvalue weighted by Gasteiger charge is 2.10. The van der Waals surface area contributed by atoms with Crippen molar-refractivity contribution in [1.29, 1.82) is 5.26 Å². The average molecular weight is 314 g/mol. The Kier molecular flexibility index (Phi) is 5.17. The lowest BCUT2D eigenvalue weighted by molar-refractivity contribution is -0.117. The van der Waals surface area contributed by atoms with E-state index in [0.29, 0.717) is 12.1 Å². The molecular weight excluding hydrogens is 300 g/mol. The van der Waals surface area contributed by atoms with Gasteiger partial charge in [-0.15, -0.1) is 11.3 Å². The summed E-state index contributed by atoms with van der Waals surface area (Å²) in [4.78, 5) is 13.0. The van der Waals surface area contributed by atoms with Crippen molar-refractivity contribution in [2.45, 2.75) is 6.54 Å². The lowest BCUT2D eigenvalue weighted by Gasteiger charge is -2.05. The Morgan fingerprint density at radius 2 is 2.32 bits per heavy atom. The van der Waals surface area contributed by atoms with E-state index in [1.807, 2.05) is 23.6 Å². The highest BCUT2D eigenvalue weighted by atomic mass is 32.1. The summed E-state index contributed by atoms with van der Waals surface area (Å²) in [6.45, 7) is 0.383. The van der Waals surface area contributed by atoms with Crippen molar-refractivity contribution >= 4 is 23.3 Å². The Hall–Kier alpha value is -2.78. The summed E-state index contributed by atoms with van der Waals surface area (Å²) in [5.41, 5.74) is 0.585. The first-order valence-corrected chi connectivity index (χ1v) is 7.31. The number of nitrogens with one attached hydrogen (secondary N) is 1. The SMILES string of the molecule is COc1cc(/C=C(/C#N)C(=O)NCc2cccs2)ccc1O. The molecule has 1 amide bonds. The van der Waals surface area contributed by atoms with Gasteiger partial charge in [0.05, 0.1) is 13.7 Å². The monoisotopic (exact) mass is 314 g/mol. The highest BCUT2D eigenvalue weighted by molar-refractivity contribution is 7.09. The number of amides is 1. The third-order valence-corrected chi connectivity index (χ3v) is 3.76. The minimum absolute atomic E-state index is 0.000282. The number of phenolic OH excluding ortho intramolecular Hbond substituents is 1. The van der Waals surface area contributed by atoms with Crippen LogP contribution in [0.1, 0.15) is 10.4 Å². The number of phenols is 1. The molecule has 0 atom stereocenters. The quantitative estimate of drug-likeness (QED) is 0.656. The molecule has 1 heterocycles. The number of nitrogens with zero attached hydrogens (tertiary/aromatic N) is 1. The predicted molar refractivity (Wildman–Crippen MR) is 84.4 cm³/mol. The largest absolute Gasteiger partial charge is 0.504 e. The van der Waals surface area contributed by atoms with Gasteiger partial charge in [0.2, 0.25) is 0 Å². The van der Waals surface area contributed by atoms with Crippen molar-refractivity contribution in [2.75, 3.05) is 7.11 Å². The van der Waals surface area contributed by atoms with Crippen molar-refractivity contribution in [3.05, 3.63) is 51.7 Å². The van der Waals surface area contributed by atoms with E-state index in [0.717, 1.165) is 4.88 Å². The summed E-state index contributed by atoms with van der Waals surface area (Å²) in [7, 11) is 1.43. The summed E-state index contributed by atoms with van der Waals surface area (Å²) in [5.74, 6) is -0.159. The maximum absolute atomic E-state index is 12.0. The number of rotatable bonds is 5. The lowest BCUT2D eigenvalue weighted by atomic mass is 10.1. The van der Waals surface area contributed by atoms with Gasteiger partial charge in [0, 0.05) is 4.88 Å². The zero-order chi connectivity index (χ0) is 15.9. The molecule has 0 bridgehead atoms. The number of hydrogen-bond acceptors (Lipinski definition) is 5. The van der Waals surface area contributed by atoms with E-state index < -0.39 is 5.91 Å². The van der Waals surface area contributed by atoms with Crippen LogP contribution < -0.4 is 10.1 Å². The second-order valence-corrected chi connectivity index (χ2v) is 5.40. The Bertz CT molecular complexity index is 730. The zero-order valence-electron chi connectivity index (χ0n) is 11.9. The minimum Gasteiger partial charge on any atom is -0.504 e. The highest BCUT2D eigenvalue weighted by Crippen LogP contribution is 2.27. The topological polar surface area (TPSA) is 82.3 Å². The first kappa shape index (κ1) is 15.6. The van der Waals surface area contributed by atoms with E-state index in [4.69, 9.17) is 10.00 Å². The molecule has 2 aromatic rings. The van der Waals surface area contributed by atoms with Crippen LogP contribution in [0.4, 0.5) is 0 Å². The van der Waals surface area contributed by atoms with Gasteiger partial charge in [0.15, 0.2) is 11.5 Å². The number of nitriles is 1. The molecule has 0 saturated heterocycles. The molecule has 0 unspecified atom stereocenters. The van der Waals surface area contributed by atoms with Crippen LogP contribution in [-0.2, 0) is 11.3 Å². The number of hydrogen-bond donors (Lipinski definition) is 2. The van der Waals surface area contributed by atoms with E-state index >= 15 is 0 Å². The molecule has 22 heavy (non-hydrogen) atoms. The fourth-order valence-corrected chi connectivity index (χ4v) is 2.42. The van der Waals surface area contributed by atoms with Crippen molar-refractivity contribution < 1.29 is 14.6 Å². The number of carbonyl (C=O) groups is 1. The van der Waals surface area contributed by atoms with Gasteiger partial charge in [-0.2, -0.15) is 5.26 Å². The molecule has 2 N–H and O–H groups in total. The Labute approximate surface area is 132 Å². The normalized spacial score (nSPS) is 10.8. The van der Waals surface area contributed by atoms with Crippen LogP contribution in [0.5, 0.6) is 11.5 Å². The maximum Gasteiger partial charge on any atom is 0.262 e. The van der Waals surface area contributed by atoms with Crippen molar-refractivity contribution in [1.82, 2.24) is 5.32 Å². The van der Waals surface area contributed by atoms with E-state index in [9.17, 15) is 9.90 Å². The number of methoxy groups -OCH3 is 1. The molecule has 1 aromatic carbocycles. The first-order valence-electron chi connectivity index (χ1n) is 6.43. The molecule has 2 rings (SSSR count). The van der Waals surface area contributed by atoms with E-state index in [2.05, 4.69) is 5.32 Å². The Balaban J connectivity index is 2.13. The minimum atomic E-state index is -0.442. The van der Waals surface area contributed by atoms with Crippen molar-refractivity contribution in [3.8, 4) is 17.6 Å². The lowest BCUT2D eigenvalue weighted by Crippen LogP contribution is -2.23. The molecule has 112 valence electrons. The average Bonchev–Trinajstić information content (AvgIpc) is 3.05. The van der Waals surface area contributed by atoms with Gasteiger partial charge in [-0.05, 0) is 35.2 Å². The van der Waals surface area contributed by atoms with Crippen LogP contribution in [0.2, 0.25) is 0 Å². The van der Waals surface area contributed by atoms with E-state index in [1.165, 1.54) is 30.6 Å². The van der Waals surface area contributed by atoms with Gasteiger partial charge in [-0.1, -0.05) is 12.1 Å². The fourth-order valence-electron chi connectivity index (χ4n) is 1.78. The van der Waals surface area contributed by atoms with Crippen LogP contribution >= 0.6 is 11.3 Å². The molecular formula is C16H14N2O3S. The fraction of sp³-hybridized carbons (Fsp3) is 0.125. The molecule has 5 nitrogen and oxygen atoms in total. The van der Waals surface area contributed by atoms with Crippen LogP contribution in [-0.4, -0.2) is 18.1 Å². The summed E-state index contributed by atoms with van der Waals surface area (Å²) in [6, 6.07) is 10.3. The third kappa shape index (κ3) is 3.87. The summed E-state index contributed by atoms with van der Waals surface area (Å²) in [6.07, 6.45) is 1.45. The van der Waals surface area contributed by atoms with Crippen molar-refractivity contribution in [3.63, 3.8) is 0 Å². The van der Waals surface area contributed by atoms with Crippen LogP contribution in [0.3, 0.4) is 0 Å². The van der Waals surface area contributed by atoms with Crippen LogP contribution in [0, 0.1) is 11.3 Å². The van der Waals surface area contributed by atoms with Gasteiger partial charge in [-0.25, -0.2) is 0 Å². The first-order chi connectivity index (χ1) is 10.6. The van der Waals surface area contributed by atoms with Gasteiger partial charge < -0.3 is 15.2 Å². The molecule has 0 aliphatic rings. The van der Waals surface area contributed by atoms with Crippen LogP contribution in [0.25, 0.3) is 6.08 Å². The van der Waals surface area contributed by atoms with Crippen LogP contribution in [0.15, 0.2) is 41.3 Å².